The molecule has 2 rings (SSSR count). The highest BCUT2D eigenvalue weighted by atomic mass is 19.1. The Morgan fingerprint density at radius 2 is 1.63 bits per heavy atom. The van der Waals surface area contributed by atoms with Crippen molar-refractivity contribution in [3.63, 3.8) is 0 Å². The maximum absolute atomic E-state index is 13.9. The molecule has 3 heteroatoms. The van der Waals surface area contributed by atoms with E-state index in [1.807, 2.05) is 32.0 Å². The molecular formula is C16H16FNO. The molecular weight excluding hydrogens is 241 g/mol. The summed E-state index contributed by atoms with van der Waals surface area (Å²) in [5.74, 6) is -0.889. The molecule has 0 aromatic heterocycles. The smallest absolute Gasteiger partial charge is 0.258 e. The Hall–Kier alpha value is -2.16. The number of amides is 1. The highest BCUT2D eigenvalue weighted by molar-refractivity contribution is 6.05. The van der Waals surface area contributed by atoms with Crippen LogP contribution in [-0.2, 0) is 0 Å². The molecule has 0 saturated carbocycles. The highest BCUT2D eigenvalue weighted by Gasteiger charge is 2.14. The number of benzene rings is 2. The number of carbonyl (C=O) groups excluding carboxylic acids is 1. The third kappa shape index (κ3) is 2.65. The first-order valence-corrected chi connectivity index (χ1v) is 6.13. The minimum atomic E-state index is -0.467. The van der Waals surface area contributed by atoms with Crippen LogP contribution in [0.1, 0.15) is 27.0 Å². The average Bonchev–Trinajstić information content (AvgIpc) is 2.38. The molecule has 0 unspecified atom stereocenters. The van der Waals surface area contributed by atoms with Crippen LogP contribution in [-0.4, -0.2) is 5.91 Å². The van der Waals surface area contributed by atoms with Gasteiger partial charge in [-0.2, -0.15) is 0 Å². The van der Waals surface area contributed by atoms with Gasteiger partial charge >= 0.3 is 0 Å². The van der Waals surface area contributed by atoms with E-state index in [1.54, 1.807) is 19.1 Å². The maximum Gasteiger partial charge on any atom is 0.258 e. The summed E-state index contributed by atoms with van der Waals surface area (Å²) in [4.78, 5) is 12.1. The zero-order valence-electron chi connectivity index (χ0n) is 11.3. The van der Waals surface area contributed by atoms with E-state index in [1.165, 1.54) is 6.07 Å². The van der Waals surface area contributed by atoms with Crippen LogP contribution in [0.4, 0.5) is 10.1 Å². The fourth-order valence-corrected chi connectivity index (χ4v) is 1.90. The van der Waals surface area contributed by atoms with E-state index in [0.29, 0.717) is 11.3 Å². The molecule has 98 valence electrons. The lowest BCUT2D eigenvalue weighted by Gasteiger charge is -2.11. The second-order valence-corrected chi connectivity index (χ2v) is 4.64. The summed E-state index contributed by atoms with van der Waals surface area (Å²) in [6.07, 6.45) is 0. The first-order chi connectivity index (χ1) is 9.00. The van der Waals surface area contributed by atoms with Crippen molar-refractivity contribution in [1.82, 2.24) is 0 Å². The number of aryl methyl sites for hydroxylation is 2. The molecule has 2 aromatic carbocycles. The highest BCUT2D eigenvalue weighted by Crippen LogP contribution is 2.20. The van der Waals surface area contributed by atoms with Gasteiger partial charge in [0, 0.05) is 5.69 Å². The normalized spacial score (nSPS) is 10.3. The summed E-state index contributed by atoms with van der Waals surface area (Å²) in [6, 6.07) is 10.5. The Labute approximate surface area is 112 Å². The molecule has 0 aliphatic rings. The zero-order valence-corrected chi connectivity index (χ0v) is 11.3. The third-order valence-electron chi connectivity index (χ3n) is 3.29. The average molecular weight is 257 g/mol. The van der Waals surface area contributed by atoms with Gasteiger partial charge in [0.05, 0.1) is 5.56 Å². The summed E-state index contributed by atoms with van der Waals surface area (Å²) >= 11 is 0. The topological polar surface area (TPSA) is 29.1 Å². The minimum Gasteiger partial charge on any atom is -0.322 e. The number of carbonyl (C=O) groups is 1. The fraction of sp³-hybridized carbons (Fsp3) is 0.188. The van der Waals surface area contributed by atoms with Crippen LogP contribution in [0.25, 0.3) is 0 Å². The molecule has 0 atom stereocenters. The second-order valence-electron chi connectivity index (χ2n) is 4.64. The van der Waals surface area contributed by atoms with Gasteiger partial charge in [0.25, 0.3) is 5.91 Å². The summed E-state index contributed by atoms with van der Waals surface area (Å²) in [5, 5.41) is 2.76. The van der Waals surface area contributed by atoms with Crippen molar-refractivity contribution >= 4 is 11.6 Å². The molecule has 1 amide bonds. The summed E-state index contributed by atoms with van der Waals surface area (Å²) < 4.78 is 13.9. The molecule has 0 aliphatic carbocycles. The van der Waals surface area contributed by atoms with Crippen LogP contribution in [0.5, 0.6) is 0 Å². The van der Waals surface area contributed by atoms with E-state index in [4.69, 9.17) is 0 Å². The van der Waals surface area contributed by atoms with Gasteiger partial charge in [-0.15, -0.1) is 0 Å². The van der Waals surface area contributed by atoms with Gasteiger partial charge in [0.1, 0.15) is 5.82 Å². The van der Waals surface area contributed by atoms with Crippen molar-refractivity contribution in [2.45, 2.75) is 20.8 Å². The van der Waals surface area contributed by atoms with Crippen LogP contribution >= 0.6 is 0 Å². The lowest BCUT2D eigenvalue weighted by molar-refractivity contribution is 0.102. The number of hydrogen-bond acceptors (Lipinski definition) is 1. The van der Waals surface area contributed by atoms with E-state index < -0.39 is 11.7 Å². The van der Waals surface area contributed by atoms with Crippen molar-refractivity contribution in [3.8, 4) is 0 Å². The first kappa shape index (κ1) is 13.3. The Balaban J connectivity index is 2.31. The fourth-order valence-electron chi connectivity index (χ4n) is 1.90. The van der Waals surface area contributed by atoms with Crippen molar-refractivity contribution < 1.29 is 9.18 Å². The largest absolute Gasteiger partial charge is 0.322 e. The molecule has 1 N–H and O–H groups in total. The summed E-state index contributed by atoms with van der Waals surface area (Å²) in [6.45, 7) is 5.54. The van der Waals surface area contributed by atoms with Gasteiger partial charge in [-0.25, -0.2) is 4.39 Å². The second kappa shape index (κ2) is 5.22. The molecule has 0 saturated heterocycles. The van der Waals surface area contributed by atoms with E-state index in [0.717, 1.165) is 11.1 Å². The number of nitrogens with one attached hydrogen (secondary N) is 1. The predicted molar refractivity (Wildman–Crippen MR) is 75.0 cm³/mol. The van der Waals surface area contributed by atoms with Gasteiger partial charge in [0.15, 0.2) is 0 Å². The van der Waals surface area contributed by atoms with Crippen molar-refractivity contribution in [1.29, 1.82) is 0 Å². The van der Waals surface area contributed by atoms with Crippen LogP contribution in [0.15, 0.2) is 36.4 Å². The Morgan fingerprint density at radius 1 is 1.00 bits per heavy atom. The molecule has 19 heavy (non-hydrogen) atoms. The van der Waals surface area contributed by atoms with E-state index in [-0.39, 0.29) is 5.56 Å². The van der Waals surface area contributed by atoms with E-state index in [9.17, 15) is 9.18 Å². The first-order valence-electron chi connectivity index (χ1n) is 6.13. The number of rotatable bonds is 2. The van der Waals surface area contributed by atoms with Gasteiger partial charge in [0.2, 0.25) is 0 Å². The van der Waals surface area contributed by atoms with Gasteiger partial charge in [-0.3, -0.25) is 4.79 Å². The molecule has 0 aliphatic heterocycles. The molecule has 0 spiro atoms. The molecule has 2 nitrogen and oxygen atoms in total. The van der Waals surface area contributed by atoms with Crippen LogP contribution in [0.2, 0.25) is 0 Å². The quantitative estimate of drug-likeness (QED) is 0.865. The predicted octanol–water partition coefficient (Wildman–Crippen LogP) is 4.00. The minimum absolute atomic E-state index is 0.0703. The molecule has 0 heterocycles. The Bertz CT molecular complexity index is 635. The molecule has 0 radical (unpaired) electrons. The number of halogens is 1. The maximum atomic E-state index is 13.9. The van der Waals surface area contributed by atoms with Crippen molar-refractivity contribution in [2.24, 2.45) is 0 Å². The van der Waals surface area contributed by atoms with Crippen molar-refractivity contribution in [3.05, 3.63) is 64.5 Å². The standard InChI is InChI=1S/C16H16FNO/c1-10-6-5-9-14(12(10)3)18-16(19)13-8-4-7-11(2)15(13)17/h4-9H,1-3H3,(H,18,19). The molecule has 2 aromatic rings. The zero-order chi connectivity index (χ0) is 14.0. The van der Waals surface area contributed by atoms with Crippen molar-refractivity contribution in [2.75, 3.05) is 5.32 Å². The van der Waals surface area contributed by atoms with Crippen LogP contribution in [0.3, 0.4) is 0 Å². The van der Waals surface area contributed by atoms with Crippen LogP contribution < -0.4 is 5.32 Å². The van der Waals surface area contributed by atoms with Gasteiger partial charge < -0.3 is 5.32 Å². The van der Waals surface area contributed by atoms with Gasteiger partial charge in [-0.05, 0) is 49.6 Å². The summed E-state index contributed by atoms with van der Waals surface area (Å²) in [7, 11) is 0. The van der Waals surface area contributed by atoms with E-state index >= 15 is 0 Å². The Morgan fingerprint density at radius 3 is 2.37 bits per heavy atom. The Kier molecular flexibility index (Phi) is 3.65. The van der Waals surface area contributed by atoms with E-state index in [2.05, 4.69) is 5.32 Å². The monoisotopic (exact) mass is 257 g/mol. The third-order valence-corrected chi connectivity index (χ3v) is 3.29. The number of anilines is 1. The lowest BCUT2D eigenvalue weighted by Crippen LogP contribution is -2.15. The van der Waals surface area contributed by atoms with Crippen LogP contribution in [0, 0.1) is 26.6 Å². The SMILES string of the molecule is Cc1cccc(NC(=O)c2cccc(C)c2F)c1C. The lowest BCUT2D eigenvalue weighted by atomic mass is 10.1. The molecule has 0 fully saturated rings. The molecule has 0 bridgehead atoms. The number of hydrogen-bond donors (Lipinski definition) is 1. The summed E-state index contributed by atoms with van der Waals surface area (Å²) in [5.41, 5.74) is 3.33. The van der Waals surface area contributed by atoms with Gasteiger partial charge in [-0.1, -0.05) is 24.3 Å².